The maximum Gasteiger partial charge on any atom is 0.586 e. The fraction of sp³-hybridized carbons (Fsp3) is 0.300. The van der Waals surface area contributed by atoms with E-state index in [9.17, 15) is 28.3 Å². The molecule has 1 aromatic carbocycles. The summed E-state index contributed by atoms with van der Waals surface area (Å²) in [5.41, 5.74) is 0.941. The molecule has 3 amide bonds. The Hall–Kier alpha value is -3.76. The molecule has 0 aliphatic carbocycles. The summed E-state index contributed by atoms with van der Waals surface area (Å²) in [5.74, 6) is -3.20. The number of imide groups is 1. The number of carboxylic acids is 1. The SMILES string of the molecule is CC(NC(=O)N1C(=O)C(Cc2ccccn2)C1C(=O)O)c1ccc2c(c1)OC(F)(F)O2. The third-order valence-corrected chi connectivity index (χ3v) is 5.11. The lowest BCUT2D eigenvalue weighted by atomic mass is 9.83. The van der Waals surface area contributed by atoms with E-state index in [1.165, 1.54) is 24.4 Å². The molecule has 3 heterocycles. The van der Waals surface area contributed by atoms with Gasteiger partial charge in [-0.1, -0.05) is 12.1 Å². The topological polar surface area (TPSA) is 118 Å². The Bertz CT molecular complexity index is 1050. The minimum absolute atomic E-state index is 0.0896. The first-order valence-corrected chi connectivity index (χ1v) is 9.32. The van der Waals surface area contributed by atoms with Crippen molar-refractivity contribution in [2.45, 2.75) is 31.7 Å². The Morgan fingerprint density at radius 2 is 2.00 bits per heavy atom. The number of pyridine rings is 1. The van der Waals surface area contributed by atoms with Crippen LogP contribution in [-0.4, -0.2) is 45.2 Å². The number of ether oxygens (including phenoxy) is 2. The molecular formula is C20H17F2N3O6. The Balaban J connectivity index is 1.44. The highest BCUT2D eigenvalue weighted by molar-refractivity contribution is 6.07. The van der Waals surface area contributed by atoms with Gasteiger partial charge in [0, 0.05) is 18.3 Å². The maximum absolute atomic E-state index is 13.2. The Morgan fingerprint density at radius 1 is 1.26 bits per heavy atom. The monoisotopic (exact) mass is 433 g/mol. The second-order valence-electron chi connectivity index (χ2n) is 7.17. The predicted octanol–water partition coefficient (Wildman–Crippen LogP) is 2.33. The van der Waals surface area contributed by atoms with Crippen molar-refractivity contribution in [1.82, 2.24) is 15.2 Å². The number of hydrogen-bond acceptors (Lipinski definition) is 6. The summed E-state index contributed by atoms with van der Waals surface area (Å²) < 4.78 is 35.1. The van der Waals surface area contributed by atoms with E-state index in [1.54, 1.807) is 25.1 Å². The molecule has 31 heavy (non-hydrogen) atoms. The number of amides is 3. The fourth-order valence-corrected chi connectivity index (χ4v) is 3.57. The van der Waals surface area contributed by atoms with E-state index in [0.717, 1.165) is 0 Å². The van der Waals surface area contributed by atoms with Gasteiger partial charge in [0.25, 0.3) is 0 Å². The quantitative estimate of drug-likeness (QED) is 0.695. The molecule has 0 bridgehead atoms. The summed E-state index contributed by atoms with van der Waals surface area (Å²) in [6.07, 6.45) is -2.15. The van der Waals surface area contributed by atoms with Crippen molar-refractivity contribution < 1.29 is 37.7 Å². The van der Waals surface area contributed by atoms with Crippen molar-refractivity contribution in [3.63, 3.8) is 0 Å². The number of benzene rings is 1. The van der Waals surface area contributed by atoms with Gasteiger partial charge in [-0.3, -0.25) is 9.78 Å². The first-order chi connectivity index (χ1) is 14.7. The van der Waals surface area contributed by atoms with Gasteiger partial charge in [-0.25, -0.2) is 14.5 Å². The van der Waals surface area contributed by atoms with Gasteiger partial charge in [0.05, 0.1) is 12.0 Å². The Labute approximate surface area is 174 Å². The molecule has 11 heteroatoms. The third-order valence-electron chi connectivity index (χ3n) is 5.11. The van der Waals surface area contributed by atoms with Crippen molar-refractivity contribution in [2.75, 3.05) is 0 Å². The number of urea groups is 1. The summed E-state index contributed by atoms with van der Waals surface area (Å²) >= 11 is 0. The molecule has 0 radical (unpaired) electrons. The van der Waals surface area contributed by atoms with Crippen LogP contribution in [0.1, 0.15) is 24.2 Å². The molecule has 2 N–H and O–H groups in total. The van der Waals surface area contributed by atoms with Gasteiger partial charge >= 0.3 is 18.3 Å². The molecule has 9 nitrogen and oxygen atoms in total. The number of carbonyl (C=O) groups is 3. The second kappa shape index (κ2) is 7.49. The molecule has 162 valence electrons. The van der Waals surface area contributed by atoms with Gasteiger partial charge in [-0.2, -0.15) is 0 Å². The van der Waals surface area contributed by atoms with Crippen LogP contribution >= 0.6 is 0 Å². The highest BCUT2D eigenvalue weighted by Gasteiger charge is 2.55. The van der Waals surface area contributed by atoms with Crippen LogP contribution in [0.4, 0.5) is 13.6 Å². The average molecular weight is 433 g/mol. The van der Waals surface area contributed by atoms with Crippen LogP contribution in [0.5, 0.6) is 11.5 Å². The van der Waals surface area contributed by atoms with Gasteiger partial charge in [0.15, 0.2) is 17.5 Å². The number of likely N-dealkylation sites (tertiary alicyclic amines) is 1. The zero-order valence-electron chi connectivity index (χ0n) is 16.1. The molecule has 3 unspecified atom stereocenters. The number of alkyl halides is 2. The first-order valence-electron chi connectivity index (χ1n) is 9.32. The summed E-state index contributed by atoms with van der Waals surface area (Å²) in [6.45, 7) is 1.55. The van der Waals surface area contributed by atoms with E-state index in [0.29, 0.717) is 16.2 Å². The number of β-lactam (4-membered cyclic amide) rings is 1. The van der Waals surface area contributed by atoms with Crippen LogP contribution in [0.25, 0.3) is 0 Å². The highest BCUT2D eigenvalue weighted by Crippen LogP contribution is 2.42. The lowest BCUT2D eigenvalue weighted by molar-refractivity contribution is -0.286. The number of rotatable bonds is 5. The Morgan fingerprint density at radius 3 is 2.68 bits per heavy atom. The molecule has 3 atom stereocenters. The number of hydrogen-bond donors (Lipinski definition) is 2. The van der Waals surface area contributed by atoms with E-state index < -0.39 is 42.2 Å². The van der Waals surface area contributed by atoms with Crippen LogP contribution in [-0.2, 0) is 16.0 Å². The summed E-state index contributed by atoms with van der Waals surface area (Å²) in [4.78, 5) is 41.6. The summed E-state index contributed by atoms with van der Waals surface area (Å²) in [6, 6.07) is 6.11. The average Bonchev–Trinajstić information content (AvgIpc) is 3.03. The number of nitrogens with one attached hydrogen (secondary N) is 1. The number of carboxylic acid groups (broad SMARTS) is 1. The van der Waals surface area contributed by atoms with Crippen molar-refractivity contribution in [2.24, 2.45) is 5.92 Å². The van der Waals surface area contributed by atoms with E-state index in [1.807, 2.05) is 0 Å². The number of aromatic nitrogens is 1. The number of carbonyl (C=O) groups excluding carboxylic acids is 2. The summed E-state index contributed by atoms with van der Waals surface area (Å²) in [7, 11) is 0. The third kappa shape index (κ3) is 3.86. The molecule has 1 aromatic heterocycles. The number of aliphatic carboxylic acids is 1. The standard InChI is InChI=1S/C20H17F2N3O6/c1-10(11-5-6-14-15(8-11)31-20(21,22)30-14)24-19(29)25-16(18(27)28)13(17(25)26)9-12-4-2-3-7-23-12/h2-8,10,13,16H,9H2,1H3,(H,24,29)(H,27,28). The van der Waals surface area contributed by atoms with E-state index in [-0.39, 0.29) is 17.9 Å². The molecule has 0 spiro atoms. The zero-order chi connectivity index (χ0) is 22.3. The Kier molecular flexibility index (Phi) is 4.96. The fourth-order valence-electron chi connectivity index (χ4n) is 3.57. The van der Waals surface area contributed by atoms with Crippen molar-refractivity contribution in [3.05, 3.63) is 53.9 Å². The minimum Gasteiger partial charge on any atom is -0.480 e. The lowest BCUT2D eigenvalue weighted by Crippen LogP contribution is -2.68. The molecule has 2 aromatic rings. The molecule has 2 aliphatic heterocycles. The van der Waals surface area contributed by atoms with E-state index >= 15 is 0 Å². The first kappa shape index (κ1) is 20.5. The van der Waals surface area contributed by atoms with Gasteiger partial charge in [0.2, 0.25) is 5.91 Å². The van der Waals surface area contributed by atoms with Crippen LogP contribution in [0, 0.1) is 5.92 Å². The number of halogens is 2. The highest BCUT2D eigenvalue weighted by atomic mass is 19.3. The van der Waals surface area contributed by atoms with Gasteiger partial charge in [0.1, 0.15) is 0 Å². The molecular weight excluding hydrogens is 416 g/mol. The largest absolute Gasteiger partial charge is 0.586 e. The number of fused-ring (bicyclic) bond motifs is 1. The summed E-state index contributed by atoms with van der Waals surface area (Å²) in [5, 5.41) is 12.0. The van der Waals surface area contributed by atoms with E-state index in [2.05, 4.69) is 19.8 Å². The van der Waals surface area contributed by atoms with Crippen molar-refractivity contribution in [1.29, 1.82) is 0 Å². The predicted molar refractivity (Wildman–Crippen MR) is 99.3 cm³/mol. The smallest absolute Gasteiger partial charge is 0.480 e. The zero-order valence-corrected chi connectivity index (χ0v) is 16.1. The molecule has 2 aliphatic rings. The lowest BCUT2D eigenvalue weighted by Gasteiger charge is -2.43. The minimum atomic E-state index is -3.77. The molecule has 0 saturated carbocycles. The van der Waals surface area contributed by atoms with Crippen LogP contribution in [0.15, 0.2) is 42.6 Å². The van der Waals surface area contributed by atoms with E-state index in [4.69, 9.17) is 0 Å². The van der Waals surface area contributed by atoms with Crippen molar-refractivity contribution >= 4 is 17.9 Å². The van der Waals surface area contributed by atoms with Crippen LogP contribution in [0.2, 0.25) is 0 Å². The molecule has 1 fully saturated rings. The number of nitrogens with zero attached hydrogens (tertiary/aromatic N) is 2. The normalized spacial score (nSPS) is 21.9. The second-order valence-corrected chi connectivity index (χ2v) is 7.17. The molecule has 4 rings (SSSR count). The van der Waals surface area contributed by atoms with Crippen LogP contribution in [0.3, 0.4) is 0 Å². The maximum atomic E-state index is 13.2. The molecule has 1 saturated heterocycles. The van der Waals surface area contributed by atoms with Gasteiger partial charge in [-0.05, 0) is 36.8 Å². The van der Waals surface area contributed by atoms with Gasteiger partial charge in [-0.15, -0.1) is 8.78 Å². The van der Waals surface area contributed by atoms with Gasteiger partial charge < -0.3 is 19.9 Å². The van der Waals surface area contributed by atoms with Crippen LogP contribution < -0.4 is 14.8 Å². The van der Waals surface area contributed by atoms with Crippen molar-refractivity contribution in [3.8, 4) is 11.5 Å².